The fourth-order valence-electron chi connectivity index (χ4n) is 8.42. The van der Waals surface area contributed by atoms with E-state index < -0.39 is 23.5 Å². The predicted octanol–water partition coefficient (Wildman–Crippen LogP) is 9.97. The number of phosphoric ester groups is 3. The molecule has 0 heterocycles. The maximum atomic E-state index is 12.6. The Labute approximate surface area is 561 Å². The molecule has 4 aromatic rings. The molecule has 528 valence electrons. The summed E-state index contributed by atoms with van der Waals surface area (Å²) in [5.74, 6) is 14.8. The number of hydrogen-bond acceptors (Lipinski definition) is 22. The number of phosphoric acid groups is 3. The van der Waals surface area contributed by atoms with Crippen molar-refractivity contribution in [3.05, 3.63) is 107 Å². The molecule has 3 unspecified atom stereocenters. The van der Waals surface area contributed by atoms with Crippen LogP contribution in [0.2, 0.25) is 0 Å². The van der Waals surface area contributed by atoms with Crippen molar-refractivity contribution in [1.29, 1.82) is 0 Å². The van der Waals surface area contributed by atoms with Crippen LogP contribution in [-0.2, 0) is 94.6 Å². The number of thioether (sulfide) groups is 1. The number of ether oxygens (including phenoxy) is 10. The first-order valence-electron chi connectivity index (χ1n) is 31.8. The van der Waals surface area contributed by atoms with E-state index in [0.29, 0.717) is 92.1 Å². The Morgan fingerprint density at radius 3 is 1.02 bits per heavy atom. The van der Waals surface area contributed by atoms with Crippen LogP contribution in [0.25, 0.3) is 10.8 Å². The summed E-state index contributed by atoms with van der Waals surface area (Å²) in [6.45, 7) is 5.09. The second-order valence-corrected chi connectivity index (χ2v) is 26.5. The highest BCUT2D eigenvalue weighted by molar-refractivity contribution is 7.98. The lowest BCUT2D eigenvalue weighted by Gasteiger charge is -2.13. The number of rotatable bonds is 57. The molecule has 3 N–H and O–H groups in total. The lowest BCUT2D eigenvalue weighted by molar-refractivity contribution is -0.0171. The summed E-state index contributed by atoms with van der Waals surface area (Å²) < 4.78 is 121. The van der Waals surface area contributed by atoms with Crippen LogP contribution >= 0.6 is 35.2 Å². The highest BCUT2D eigenvalue weighted by Crippen LogP contribution is 2.44. The fraction of sp³-hybridized carbons (Fsp3) is 0.606. The van der Waals surface area contributed by atoms with Gasteiger partial charge in [0.1, 0.15) is 0 Å². The highest BCUT2D eigenvalue weighted by atomic mass is 32.2. The molecule has 0 aliphatic heterocycles. The number of benzene rings is 4. The maximum absolute atomic E-state index is 12.6. The van der Waals surface area contributed by atoms with Crippen molar-refractivity contribution in [3.8, 4) is 23.7 Å². The quantitative estimate of drug-likeness (QED) is 0.0211. The first-order valence-corrected chi connectivity index (χ1v) is 37.7. The van der Waals surface area contributed by atoms with Gasteiger partial charge in [-0.25, -0.2) is 13.7 Å². The monoisotopic (exact) mass is 1400 g/mol. The van der Waals surface area contributed by atoms with E-state index in [1.54, 1.807) is 11.8 Å². The van der Waals surface area contributed by atoms with Crippen molar-refractivity contribution in [1.82, 2.24) is 0 Å². The van der Waals surface area contributed by atoms with Crippen LogP contribution in [-0.4, -0.2) is 227 Å². The van der Waals surface area contributed by atoms with E-state index in [2.05, 4.69) is 82.2 Å². The summed E-state index contributed by atoms with van der Waals surface area (Å²) >= 11 is 1.80. The Kier molecular flexibility index (Phi) is 45.1. The first kappa shape index (κ1) is 82.6. The Balaban J connectivity index is 0.904. The van der Waals surface area contributed by atoms with E-state index in [0.717, 1.165) is 94.2 Å². The molecule has 0 bridgehead atoms. The van der Waals surface area contributed by atoms with Gasteiger partial charge in [-0.3, -0.25) is 27.1 Å². The Bertz CT molecular complexity index is 2910. The van der Waals surface area contributed by atoms with E-state index in [-0.39, 0.29) is 92.5 Å². The third-order valence-corrected chi connectivity index (χ3v) is 17.1. The zero-order valence-corrected chi connectivity index (χ0v) is 59.0. The molecule has 3 atom stereocenters. The first-order chi connectivity index (χ1) is 45.6. The van der Waals surface area contributed by atoms with Gasteiger partial charge in [0, 0.05) is 61.8 Å². The highest BCUT2D eigenvalue weighted by Gasteiger charge is 2.23. The third-order valence-electron chi connectivity index (χ3n) is 13.3. The lowest BCUT2D eigenvalue weighted by atomic mass is 9.92. The molecule has 0 saturated heterocycles. The second-order valence-electron chi connectivity index (χ2n) is 21.1. The summed E-state index contributed by atoms with van der Waals surface area (Å²) in [5, 5.41) is 2.07. The molecule has 0 aromatic heterocycles. The van der Waals surface area contributed by atoms with Gasteiger partial charge in [0.25, 0.3) is 0 Å². The molecule has 0 saturated carbocycles. The Morgan fingerprint density at radius 2 is 0.670 bits per heavy atom. The zero-order chi connectivity index (χ0) is 67.6. The average molecular weight is 1400 g/mol. The van der Waals surface area contributed by atoms with E-state index in [9.17, 15) is 28.4 Å². The largest absolute Gasteiger partial charge is 0.472 e. The molecule has 0 aliphatic rings. The lowest BCUT2D eigenvalue weighted by Crippen LogP contribution is -2.15. The van der Waals surface area contributed by atoms with Crippen LogP contribution in [0.1, 0.15) is 72.8 Å². The number of anilines is 2. The van der Waals surface area contributed by atoms with Gasteiger partial charge in [-0.1, -0.05) is 67.2 Å². The maximum Gasteiger partial charge on any atom is 0.472 e. The Hall–Kier alpha value is -3.86. The number of fused-ring (bicyclic) bond motifs is 1. The van der Waals surface area contributed by atoms with Gasteiger partial charge < -0.3 is 71.8 Å². The van der Waals surface area contributed by atoms with Crippen molar-refractivity contribution >= 4 is 57.4 Å². The number of aryl methyl sites for hydroxylation is 1. The van der Waals surface area contributed by atoms with Gasteiger partial charge in [0.05, 0.1) is 172 Å². The molecule has 4 rings (SSSR count). The third kappa shape index (κ3) is 40.1. The van der Waals surface area contributed by atoms with Gasteiger partial charge in [-0.2, -0.15) is 11.8 Å². The minimum absolute atomic E-state index is 0.0559. The van der Waals surface area contributed by atoms with Crippen molar-refractivity contribution < 1.29 is 103 Å². The van der Waals surface area contributed by atoms with Crippen LogP contribution in [0.3, 0.4) is 0 Å². The van der Waals surface area contributed by atoms with Gasteiger partial charge >= 0.3 is 23.5 Å². The molecule has 0 amide bonds. The fourth-order valence-corrected chi connectivity index (χ4v) is 11.1. The van der Waals surface area contributed by atoms with Gasteiger partial charge in [0.2, 0.25) is 0 Å². The second kappa shape index (κ2) is 51.3. The Morgan fingerprint density at radius 1 is 0.362 bits per heavy atom. The van der Waals surface area contributed by atoms with Crippen molar-refractivity contribution in [2.24, 2.45) is 0 Å². The number of unbranched alkanes of at least 4 members (excludes halogenated alkanes) is 5. The van der Waals surface area contributed by atoms with E-state index in [1.807, 2.05) is 64.6 Å². The van der Waals surface area contributed by atoms with Gasteiger partial charge in [0.15, 0.2) is 0 Å². The summed E-state index contributed by atoms with van der Waals surface area (Å²) in [6.07, 6.45) is 8.74. The van der Waals surface area contributed by atoms with Crippen molar-refractivity contribution in [2.75, 3.05) is 222 Å². The smallest absolute Gasteiger partial charge is 0.378 e. The predicted molar refractivity (Wildman–Crippen MR) is 365 cm³/mol. The molecule has 0 fully saturated rings. The molecule has 94 heavy (non-hydrogen) atoms. The normalized spacial score (nSPS) is 13.4. The zero-order valence-electron chi connectivity index (χ0n) is 55.5. The van der Waals surface area contributed by atoms with Crippen molar-refractivity contribution in [3.63, 3.8) is 0 Å². The molecule has 0 spiro atoms. The van der Waals surface area contributed by atoms with Crippen LogP contribution < -0.4 is 9.80 Å². The molecule has 0 aliphatic carbocycles. The number of nitrogens with zero attached hydrogens (tertiary/aromatic N) is 2. The van der Waals surface area contributed by atoms with Crippen LogP contribution in [0, 0.1) is 23.7 Å². The summed E-state index contributed by atoms with van der Waals surface area (Å²) in [6, 6.07) is 26.8. The molecular weight excluding hydrogens is 1300 g/mol. The minimum atomic E-state index is -4.28. The molecule has 0 radical (unpaired) electrons. The standard InChI is InChI=1S/C66H101N2O22P3S/c1-67(2)62-25-19-58(20-26-62)18-24-61-57-60(65(66-17-11-10-16-64(61)66)29-23-59-21-27-63(28-22-59)68(3)4)15-9-8-13-31-86-92(71,72)88-53-49-82-45-41-78-37-33-76-35-39-80-43-47-84-51-55-90-93(73,74)89-54-50-83-46-42-79-38-34-75-32-36-77-40-44-81-48-52-87-91(69,70)85-30-12-6-7-14-56-94-5/h10-11,16-17,19-22,25-28,57H,6-9,12-15,30-56H2,1-5H3,(H,69,70)(H,71,72)(H,73,74). The van der Waals surface area contributed by atoms with E-state index >= 15 is 0 Å². The van der Waals surface area contributed by atoms with Crippen molar-refractivity contribution in [2.45, 2.75) is 51.4 Å². The molecule has 24 nitrogen and oxygen atoms in total. The SMILES string of the molecule is CSCCCCCCOP(=O)(O)OCCOCCOCCOCCOCCOCCOP(=O)(O)OCCOCCOCCOCCOCCOCCOP(=O)(O)OCCCCCc1cc(C#Cc2ccc(N(C)C)cc2)c2ccccc2c1C#Cc1ccc(N(C)C)cc1. The summed E-state index contributed by atoms with van der Waals surface area (Å²) in [5.41, 5.74) is 7.02. The summed E-state index contributed by atoms with van der Waals surface area (Å²) in [7, 11) is -4.58. The van der Waals surface area contributed by atoms with Gasteiger partial charge in [-0.05, 0) is 115 Å². The minimum Gasteiger partial charge on any atom is -0.378 e. The summed E-state index contributed by atoms with van der Waals surface area (Å²) in [4.78, 5) is 34.0. The van der Waals surface area contributed by atoms with E-state index in [4.69, 9.17) is 74.5 Å². The van der Waals surface area contributed by atoms with Gasteiger partial charge in [-0.15, -0.1) is 0 Å². The van der Waals surface area contributed by atoms with Crippen LogP contribution in [0.15, 0.2) is 78.9 Å². The molecular formula is C66H101N2O22P3S. The van der Waals surface area contributed by atoms with E-state index in [1.165, 1.54) is 0 Å². The number of hydrogen-bond donors (Lipinski definition) is 3. The van der Waals surface area contributed by atoms with Crippen LogP contribution in [0.5, 0.6) is 0 Å². The topological polar surface area (TPSA) is 266 Å². The molecule has 4 aromatic carbocycles. The molecule has 28 heteroatoms. The average Bonchev–Trinajstić information content (AvgIpc) is 0.787. The van der Waals surface area contributed by atoms with Crippen LogP contribution in [0.4, 0.5) is 11.4 Å².